The van der Waals surface area contributed by atoms with Gasteiger partial charge >= 0.3 is 5.97 Å². The van der Waals surface area contributed by atoms with Crippen LogP contribution in [0.25, 0.3) is 0 Å². The molecule has 8 heteroatoms. The highest BCUT2D eigenvalue weighted by Gasteiger charge is 2.16. The fraction of sp³-hybridized carbons (Fsp3) is 0.353. The highest BCUT2D eigenvalue weighted by molar-refractivity contribution is 5.92. The standard InChI is InChI=1S/C17H21N3O5/c1-11(17(22)23)20-9-7-13(19-20)16(21)18-8-6-12-4-5-14(24-2)15(10-12)25-3/h4-5,7,9-11H,6,8H2,1-3H3,(H,18,21)(H,22,23). The lowest BCUT2D eigenvalue weighted by Gasteiger charge is -2.10. The van der Waals surface area contributed by atoms with Gasteiger partial charge < -0.3 is 19.9 Å². The van der Waals surface area contributed by atoms with Crippen LogP contribution >= 0.6 is 0 Å². The minimum absolute atomic E-state index is 0.181. The number of amides is 1. The van der Waals surface area contributed by atoms with Gasteiger partial charge in [0, 0.05) is 12.7 Å². The van der Waals surface area contributed by atoms with Gasteiger partial charge in [-0.2, -0.15) is 5.10 Å². The quantitative estimate of drug-likeness (QED) is 0.750. The average Bonchev–Trinajstić information content (AvgIpc) is 3.10. The number of ether oxygens (including phenoxy) is 2. The predicted molar refractivity (Wildman–Crippen MR) is 90.2 cm³/mol. The van der Waals surface area contributed by atoms with E-state index in [1.807, 2.05) is 18.2 Å². The molecule has 1 amide bonds. The van der Waals surface area contributed by atoms with Gasteiger partial charge in [0.15, 0.2) is 11.5 Å². The Morgan fingerprint density at radius 3 is 2.60 bits per heavy atom. The lowest BCUT2D eigenvalue weighted by molar-refractivity contribution is -0.140. The number of hydrogen-bond donors (Lipinski definition) is 2. The molecule has 25 heavy (non-hydrogen) atoms. The van der Waals surface area contributed by atoms with Crippen molar-refractivity contribution in [3.05, 3.63) is 41.7 Å². The van der Waals surface area contributed by atoms with Crippen molar-refractivity contribution in [2.45, 2.75) is 19.4 Å². The van der Waals surface area contributed by atoms with E-state index in [1.54, 1.807) is 14.2 Å². The second kappa shape index (κ2) is 8.18. The first kappa shape index (κ1) is 18.3. The van der Waals surface area contributed by atoms with Crippen LogP contribution in [0.3, 0.4) is 0 Å². The molecule has 0 saturated heterocycles. The number of methoxy groups -OCH3 is 2. The molecule has 1 aromatic heterocycles. The largest absolute Gasteiger partial charge is 0.493 e. The summed E-state index contributed by atoms with van der Waals surface area (Å²) in [7, 11) is 3.14. The summed E-state index contributed by atoms with van der Waals surface area (Å²) in [6, 6.07) is 6.23. The molecule has 0 aliphatic heterocycles. The van der Waals surface area contributed by atoms with E-state index in [2.05, 4.69) is 10.4 Å². The molecular formula is C17H21N3O5. The summed E-state index contributed by atoms with van der Waals surface area (Å²) in [6.07, 6.45) is 2.08. The molecule has 1 aromatic carbocycles. The summed E-state index contributed by atoms with van der Waals surface area (Å²) in [5.41, 5.74) is 1.17. The molecule has 0 radical (unpaired) electrons. The summed E-state index contributed by atoms with van der Waals surface area (Å²) in [4.78, 5) is 23.0. The molecule has 1 atom stereocenters. The van der Waals surface area contributed by atoms with Gasteiger partial charge in [-0.3, -0.25) is 9.48 Å². The van der Waals surface area contributed by atoms with Crippen LogP contribution in [0.4, 0.5) is 0 Å². The Morgan fingerprint density at radius 2 is 1.96 bits per heavy atom. The number of aromatic nitrogens is 2. The van der Waals surface area contributed by atoms with E-state index in [-0.39, 0.29) is 11.6 Å². The number of carbonyl (C=O) groups is 2. The summed E-state index contributed by atoms with van der Waals surface area (Å²) in [6.45, 7) is 1.91. The molecule has 0 saturated carbocycles. The van der Waals surface area contributed by atoms with Crippen molar-refractivity contribution in [2.24, 2.45) is 0 Å². The van der Waals surface area contributed by atoms with Crippen molar-refractivity contribution in [2.75, 3.05) is 20.8 Å². The first-order valence-corrected chi connectivity index (χ1v) is 7.73. The fourth-order valence-electron chi connectivity index (χ4n) is 2.24. The first-order valence-electron chi connectivity index (χ1n) is 7.73. The van der Waals surface area contributed by atoms with Crippen molar-refractivity contribution in [1.29, 1.82) is 0 Å². The Kier molecular flexibility index (Phi) is 5.99. The van der Waals surface area contributed by atoms with Gasteiger partial charge in [0.05, 0.1) is 14.2 Å². The summed E-state index contributed by atoms with van der Waals surface area (Å²) in [5.74, 6) is -0.0820. The molecule has 1 unspecified atom stereocenters. The monoisotopic (exact) mass is 347 g/mol. The molecule has 8 nitrogen and oxygen atoms in total. The molecule has 0 aliphatic carbocycles. The third-order valence-corrected chi connectivity index (χ3v) is 3.74. The number of benzene rings is 1. The SMILES string of the molecule is COc1ccc(CCNC(=O)c2ccn(C(C)C(=O)O)n2)cc1OC. The molecule has 0 spiro atoms. The molecule has 1 heterocycles. The average molecular weight is 347 g/mol. The van der Waals surface area contributed by atoms with E-state index in [0.717, 1.165) is 5.56 Å². The number of nitrogens with zero attached hydrogens (tertiary/aromatic N) is 2. The fourth-order valence-corrected chi connectivity index (χ4v) is 2.24. The van der Waals surface area contributed by atoms with Crippen molar-refractivity contribution < 1.29 is 24.2 Å². The number of carboxylic acids is 1. The third-order valence-electron chi connectivity index (χ3n) is 3.74. The second-order valence-electron chi connectivity index (χ2n) is 5.39. The summed E-state index contributed by atoms with van der Waals surface area (Å²) >= 11 is 0. The van der Waals surface area contributed by atoms with E-state index in [1.165, 1.54) is 23.9 Å². The van der Waals surface area contributed by atoms with E-state index in [0.29, 0.717) is 24.5 Å². The van der Waals surface area contributed by atoms with Gasteiger partial charge in [-0.05, 0) is 37.1 Å². The van der Waals surface area contributed by atoms with Crippen LogP contribution in [-0.4, -0.2) is 47.5 Å². The van der Waals surface area contributed by atoms with Crippen molar-refractivity contribution in [3.63, 3.8) is 0 Å². The number of nitrogens with one attached hydrogen (secondary N) is 1. The van der Waals surface area contributed by atoms with E-state index >= 15 is 0 Å². The maximum absolute atomic E-state index is 12.1. The second-order valence-corrected chi connectivity index (χ2v) is 5.39. The van der Waals surface area contributed by atoms with Crippen molar-refractivity contribution in [3.8, 4) is 11.5 Å². The van der Waals surface area contributed by atoms with Crippen LogP contribution < -0.4 is 14.8 Å². The van der Waals surface area contributed by atoms with Crippen LogP contribution in [-0.2, 0) is 11.2 Å². The van der Waals surface area contributed by atoms with E-state index in [9.17, 15) is 9.59 Å². The first-order chi connectivity index (χ1) is 12.0. The zero-order valence-electron chi connectivity index (χ0n) is 14.4. The lowest BCUT2D eigenvalue weighted by atomic mass is 10.1. The van der Waals surface area contributed by atoms with Crippen LogP contribution in [0.5, 0.6) is 11.5 Å². The Labute approximate surface area is 145 Å². The lowest BCUT2D eigenvalue weighted by Crippen LogP contribution is -2.26. The molecule has 2 aromatic rings. The molecule has 0 bridgehead atoms. The number of carboxylic acid groups (broad SMARTS) is 1. The molecule has 0 aliphatic rings. The molecule has 2 rings (SSSR count). The van der Waals surface area contributed by atoms with Crippen LogP contribution in [0, 0.1) is 0 Å². The van der Waals surface area contributed by atoms with Gasteiger partial charge in [-0.15, -0.1) is 0 Å². The highest BCUT2D eigenvalue weighted by atomic mass is 16.5. The van der Waals surface area contributed by atoms with Gasteiger partial charge in [-0.25, -0.2) is 4.79 Å². The number of hydrogen-bond acceptors (Lipinski definition) is 5. The van der Waals surface area contributed by atoms with E-state index in [4.69, 9.17) is 14.6 Å². The van der Waals surface area contributed by atoms with Crippen molar-refractivity contribution >= 4 is 11.9 Å². The normalized spacial score (nSPS) is 11.6. The van der Waals surface area contributed by atoms with Gasteiger partial charge in [-0.1, -0.05) is 6.07 Å². The Bertz CT molecular complexity index is 756. The van der Waals surface area contributed by atoms with Crippen LogP contribution in [0.2, 0.25) is 0 Å². The van der Waals surface area contributed by atoms with Gasteiger partial charge in [0.1, 0.15) is 11.7 Å². The molecule has 2 N–H and O–H groups in total. The minimum atomic E-state index is -1.01. The smallest absolute Gasteiger partial charge is 0.328 e. The highest BCUT2D eigenvalue weighted by Crippen LogP contribution is 2.27. The Morgan fingerprint density at radius 1 is 1.24 bits per heavy atom. The number of carbonyl (C=O) groups excluding carboxylic acids is 1. The Balaban J connectivity index is 1.91. The molecule has 0 fully saturated rings. The Hall–Kier alpha value is -3.03. The maximum atomic E-state index is 12.1. The van der Waals surface area contributed by atoms with E-state index < -0.39 is 12.0 Å². The minimum Gasteiger partial charge on any atom is -0.493 e. The number of rotatable bonds is 8. The predicted octanol–water partition coefficient (Wildman–Crippen LogP) is 1.52. The topological polar surface area (TPSA) is 103 Å². The van der Waals surface area contributed by atoms with Gasteiger partial charge in [0.2, 0.25) is 0 Å². The number of aliphatic carboxylic acids is 1. The van der Waals surface area contributed by atoms with Crippen molar-refractivity contribution in [1.82, 2.24) is 15.1 Å². The maximum Gasteiger partial charge on any atom is 0.328 e. The summed E-state index contributed by atoms with van der Waals surface area (Å²) < 4.78 is 11.7. The third kappa shape index (κ3) is 4.50. The van der Waals surface area contributed by atoms with Gasteiger partial charge in [0.25, 0.3) is 5.91 Å². The zero-order chi connectivity index (χ0) is 18.4. The zero-order valence-corrected chi connectivity index (χ0v) is 14.4. The van der Waals surface area contributed by atoms with Crippen LogP contribution in [0.1, 0.15) is 29.0 Å². The molecule has 134 valence electrons. The molecular weight excluding hydrogens is 326 g/mol. The van der Waals surface area contributed by atoms with Crippen LogP contribution in [0.15, 0.2) is 30.5 Å². The summed E-state index contributed by atoms with van der Waals surface area (Å²) in [5, 5.41) is 15.7.